The van der Waals surface area contributed by atoms with E-state index in [1.807, 2.05) is 0 Å². The summed E-state index contributed by atoms with van der Waals surface area (Å²) in [4.78, 5) is 0. The molecule has 0 aliphatic heterocycles. The number of hydrogen-bond donors (Lipinski definition) is 0. The molecule has 0 spiro atoms. The third-order valence-electron chi connectivity index (χ3n) is 3.42. The maximum atomic E-state index is 2.31. The van der Waals surface area contributed by atoms with E-state index in [1.54, 1.807) is 0 Å². The summed E-state index contributed by atoms with van der Waals surface area (Å²) in [5, 5.41) is 0. The first-order valence-electron chi connectivity index (χ1n) is 6.93. The van der Waals surface area contributed by atoms with Gasteiger partial charge in [0.1, 0.15) is 0 Å². The predicted molar refractivity (Wildman–Crippen MR) is 72.9 cm³/mol. The van der Waals surface area contributed by atoms with Gasteiger partial charge in [-0.2, -0.15) is 0 Å². The van der Waals surface area contributed by atoms with Crippen LogP contribution in [0.3, 0.4) is 0 Å². The third-order valence-corrected chi connectivity index (χ3v) is 3.42. The molecule has 1 rings (SSSR count). The SMILES string of the molecule is CCCCCCCC(CC)c1ccccc1. The molecular formula is C16H26. The van der Waals surface area contributed by atoms with Crippen molar-refractivity contribution < 1.29 is 0 Å². The maximum absolute atomic E-state index is 2.31. The first-order chi connectivity index (χ1) is 7.88. The van der Waals surface area contributed by atoms with Gasteiger partial charge in [-0.1, -0.05) is 76.3 Å². The van der Waals surface area contributed by atoms with Gasteiger partial charge in [0.25, 0.3) is 0 Å². The van der Waals surface area contributed by atoms with Crippen molar-refractivity contribution in [1.82, 2.24) is 0 Å². The van der Waals surface area contributed by atoms with Gasteiger partial charge in [-0.05, 0) is 24.3 Å². The maximum Gasteiger partial charge on any atom is -0.0165 e. The molecule has 0 heterocycles. The molecule has 0 bridgehead atoms. The molecule has 0 heteroatoms. The molecule has 0 N–H and O–H groups in total. The van der Waals surface area contributed by atoms with Crippen LogP contribution in [0.15, 0.2) is 30.3 Å². The minimum absolute atomic E-state index is 0.780. The minimum Gasteiger partial charge on any atom is -0.0654 e. The molecule has 0 nitrogen and oxygen atoms in total. The lowest BCUT2D eigenvalue weighted by atomic mass is 9.91. The minimum atomic E-state index is 0.780. The quantitative estimate of drug-likeness (QED) is 0.502. The van der Waals surface area contributed by atoms with Crippen molar-refractivity contribution in [1.29, 1.82) is 0 Å². The molecule has 0 saturated carbocycles. The number of unbranched alkanes of at least 4 members (excludes halogenated alkanes) is 4. The fraction of sp³-hybridized carbons (Fsp3) is 0.625. The van der Waals surface area contributed by atoms with E-state index < -0.39 is 0 Å². The van der Waals surface area contributed by atoms with Crippen molar-refractivity contribution in [3.63, 3.8) is 0 Å². The molecule has 1 unspecified atom stereocenters. The molecule has 90 valence electrons. The summed E-state index contributed by atoms with van der Waals surface area (Å²) in [5.41, 5.74) is 1.53. The Bertz CT molecular complexity index is 250. The Morgan fingerprint density at radius 1 is 0.875 bits per heavy atom. The van der Waals surface area contributed by atoms with Crippen molar-refractivity contribution in [3.05, 3.63) is 35.9 Å². The van der Waals surface area contributed by atoms with Crippen molar-refractivity contribution in [2.24, 2.45) is 0 Å². The van der Waals surface area contributed by atoms with Gasteiger partial charge in [-0.15, -0.1) is 0 Å². The first kappa shape index (κ1) is 13.3. The lowest BCUT2D eigenvalue weighted by Crippen LogP contribution is -1.97. The molecule has 1 aromatic rings. The van der Waals surface area contributed by atoms with Crippen molar-refractivity contribution in [2.45, 2.75) is 64.7 Å². The van der Waals surface area contributed by atoms with E-state index in [9.17, 15) is 0 Å². The van der Waals surface area contributed by atoms with Gasteiger partial charge in [-0.3, -0.25) is 0 Å². The van der Waals surface area contributed by atoms with Crippen LogP contribution in [0.1, 0.15) is 70.3 Å². The van der Waals surface area contributed by atoms with Crippen LogP contribution in [0.25, 0.3) is 0 Å². The summed E-state index contributed by atoms with van der Waals surface area (Å²) >= 11 is 0. The Labute approximate surface area is 101 Å². The summed E-state index contributed by atoms with van der Waals surface area (Å²) < 4.78 is 0. The molecule has 0 aromatic heterocycles. The summed E-state index contributed by atoms with van der Waals surface area (Å²) in [6.45, 7) is 4.59. The number of rotatable bonds is 8. The normalized spacial score (nSPS) is 12.6. The van der Waals surface area contributed by atoms with Gasteiger partial charge in [0, 0.05) is 0 Å². The second kappa shape index (κ2) is 8.38. The topological polar surface area (TPSA) is 0 Å². The van der Waals surface area contributed by atoms with Crippen LogP contribution in [0.5, 0.6) is 0 Å². The molecule has 16 heavy (non-hydrogen) atoms. The zero-order valence-corrected chi connectivity index (χ0v) is 10.9. The van der Waals surface area contributed by atoms with Crippen LogP contribution in [0.4, 0.5) is 0 Å². The van der Waals surface area contributed by atoms with E-state index in [0.29, 0.717) is 0 Å². The van der Waals surface area contributed by atoms with E-state index >= 15 is 0 Å². The Morgan fingerprint density at radius 3 is 2.19 bits per heavy atom. The van der Waals surface area contributed by atoms with Crippen LogP contribution >= 0.6 is 0 Å². The van der Waals surface area contributed by atoms with E-state index in [0.717, 1.165) is 5.92 Å². The fourth-order valence-corrected chi connectivity index (χ4v) is 2.33. The van der Waals surface area contributed by atoms with E-state index in [1.165, 1.54) is 50.5 Å². The van der Waals surface area contributed by atoms with E-state index in [4.69, 9.17) is 0 Å². The molecule has 0 saturated heterocycles. The molecule has 1 atom stereocenters. The number of benzene rings is 1. The van der Waals surface area contributed by atoms with Crippen LogP contribution in [0.2, 0.25) is 0 Å². The zero-order valence-electron chi connectivity index (χ0n) is 10.9. The predicted octanol–water partition coefficient (Wildman–Crippen LogP) is 5.54. The Morgan fingerprint density at radius 2 is 1.56 bits per heavy atom. The van der Waals surface area contributed by atoms with Crippen LogP contribution in [-0.4, -0.2) is 0 Å². The molecule has 0 fully saturated rings. The standard InChI is InChI=1S/C16H26/c1-3-5-6-7-9-12-15(4-2)16-13-10-8-11-14-16/h8,10-11,13-15H,3-7,9,12H2,1-2H3. The summed E-state index contributed by atoms with van der Waals surface area (Å²) in [6.07, 6.45) is 9.62. The van der Waals surface area contributed by atoms with Crippen LogP contribution in [-0.2, 0) is 0 Å². The van der Waals surface area contributed by atoms with Crippen LogP contribution < -0.4 is 0 Å². The van der Waals surface area contributed by atoms with Gasteiger partial charge in [0.15, 0.2) is 0 Å². The molecular weight excluding hydrogens is 192 g/mol. The van der Waals surface area contributed by atoms with Crippen molar-refractivity contribution in [2.75, 3.05) is 0 Å². The smallest absolute Gasteiger partial charge is 0.0165 e. The Balaban J connectivity index is 2.27. The van der Waals surface area contributed by atoms with Gasteiger partial charge < -0.3 is 0 Å². The summed E-state index contributed by atoms with van der Waals surface area (Å²) in [6, 6.07) is 11.0. The first-order valence-corrected chi connectivity index (χ1v) is 6.93. The number of hydrogen-bond acceptors (Lipinski definition) is 0. The average molecular weight is 218 g/mol. The van der Waals surface area contributed by atoms with Gasteiger partial charge in [-0.25, -0.2) is 0 Å². The lowest BCUT2D eigenvalue weighted by molar-refractivity contribution is 0.535. The summed E-state index contributed by atoms with van der Waals surface area (Å²) in [7, 11) is 0. The van der Waals surface area contributed by atoms with Gasteiger partial charge in [0.2, 0.25) is 0 Å². The third kappa shape index (κ3) is 4.83. The lowest BCUT2D eigenvalue weighted by Gasteiger charge is -2.14. The highest BCUT2D eigenvalue weighted by molar-refractivity contribution is 5.19. The Hall–Kier alpha value is -0.780. The zero-order chi connectivity index (χ0) is 11.6. The molecule has 0 aliphatic carbocycles. The van der Waals surface area contributed by atoms with E-state index in [-0.39, 0.29) is 0 Å². The molecule has 0 radical (unpaired) electrons. The molecule has 1 aromatic carbocycles. The fourth-order valence-electron chi connectivity index (χ4n) is 2.33. The highest BCUT2D eigenvalue weighted by Crippen LogP contribution is 2.25. The van der Waals surface area contributed by atoms with E-state index in [2.05, 4.69) is 44.2 Å². The monoisotopic (exact) mass is 218 g/mol. The van der Waals surface area contributed by atoms with Crippen molar-refractivity contribution >= 4 is 0 Å². The highest BCUT2D eigenvalue weighted by Gasteiger charge is 2.07. The largest absolute Gasteiger partial charge is 0.0654 e. The average Bonchev–Trinajstić information content (AvgIpc) is 2.35. The van der Waals surface area contributed by atoms with Gasteiger partial charge in [0.05, 0.1) is 0 Å². The highest BCUT2D eigenvalue weighted by atomic mass is 14.1. The second-order valence-corrected chi connectivity index (χ2v) is 4.72. The van der Waals surface area contributed by atoms with Crippen LogP contribution in [0, 0.1) is 0 Å². The Kier molecular flexibility index (Phi) is 6.96. The summed E-state index contributed by atoms with van der Waals surface area (Å²) in [5.74, 6) is 0.780. The van der Waals surface area contributed by atoms with Gasteiger partial charge >= 0.3 is 0 Å². The molecule has 0 aliphatic rings. The molecule has 0 amide bonds. The second-order valence-electron chi connectivity index (χ2n) is 4.72. The van der Waals surface area contributed by atoms with Crippen molar-refractivity contribution in [3.8, 4) is 0 Å².